The number of carbonyl (C=O) groups is 1. The summed E-state index contributed by atoms with van der Waals surface area (Å²) in [7, 11) is 3.88. The minimum atomic E-state index is -0.503. The van der Waals surface area contributed by atoms with Gasteiger partial charge >= 0.3 is 0 Å². The van der Waals surface area contributed by atoms with E-state index in [9.17, 15) is 9.18 Å². The standard InChI is InChI=1S/C23H27FN4O/c1-5-19-21(6-2)28(22(29)23(19)9-10-26(3)15-23)14-17-8-7-16(11-20(17)24)18-12-25-27(4)13-18/h5-8,11-13H,9-10,14-15H2,1-4H3. The summed E-state index contributed by atoms with van der Waals surface area (Å²) in [6, 6.07) is 5.19. The van der Waals surface area contributed by atoms with Crippen molar-refractivity contribution in [2.75, 3.05) is 20.1 Å². The molecule has 1 unspecified atom stereocenters. The van der Waals surface area contributed by atoms with Gasteiger partial charge in [0.15, 0.2) is 0 Å². The molecule has 1 amide bonds. The Kier molecular flexibility index (Phi) is 4.90. The molecule has 1 atom stereocenters. The highest BCUT2D eigenvalue weighted by atomic mass is 19.1. The van der Waals surface area contributed by atoms with Crippen LogP contribution in [0, 0.1) is 11.2 Å². The molecular formula is C23H27FN4O. The molecule has 2 aliphatic heterocycles. The lowest BCUT2D eigenvalue weighted by molar-refractivity contribution is -0.134. The van der Waals surface area contributed by atoms with Crippen LogP contribution in [0.4, 0.5) is 4.39 Å². The normalized spacial score (nSPS) is 25.3. The maximum Gasteiger partial charge on any atom is 0.239 e. The van der Waals surface area contributed by atoms with E-state index in [4.69, 9.17) is 0 Å². The van der Waals surface area contributed by atoms with E-state index in [-0.39, 0.29) is 18.3 Å². The Labute approximate surface area is 171 Å². The fourth-order valence-electron chi connectivity index (χ4n) is 4.76. The van der Waals surface area contributed by atoms with E-state index in [1.54, 1.807) is 21.8 Å². The molecule has 5 nitrogen and oxygen atoms in total. The van der Waals surface area contributed by atoms with Crippen LogP contribution >= 0.6 is 0 Å². The summed E-state index contributed by atoms with van der Waals surface area (Å²) in [6.45, 7) is 5.77. The highest BCUT2D eigenvalue weighted by Gasteiger charge is 2.55. The number of likely N-dealkylation sites (tertiary alicyclic amines) is 2. The second-order valence-corrected chi connectivity index (χ2v) is 8.05. The third kappa shape index (κ3) is 3.12. The second-order valence-electron chi connectivity index (χ2n) is 8.05. The van der Waals surface area contributed by atoms with Crippen molar-refractivity contribution < 1.29 is 9.18 Å². The summed E-state index contributed by atoms with van der Waals surface area (Å²) in [4.78, 5) is 17.5. The summed E-state index contributed by atoms with van der Waals surface area (Å²) in [5, 5.41) is 4.15. The summed E-state index contributed by atoms with van der Waals surface area (Å²) in [6.07, 6.45) is 8.40. The predicted octanol–water partition coefficient (Wildman–Crippen LogP) is 3.74. The quantitative estimate of drug-likeness (QED) is 0.796. The first-order valence-corrected chi connectivity index (χ1v) is 10.0. The zero-order chi connectivity index (χ0) is 20.8. The Morgan fingerprint density at radius 2 is 2.00 bits per heavy atom. The van der Waals surface area contributed by atoms with Crippen LogP contribution < -0.4 is 0 Å². The molecule has 0 bridgehead atoms. The largest absolute Gasteiger partial charge is 0.307 e. The first kappa shape index (κ1) is 19.6. The van der Waals surface area contributed by atoms with Crippen LogP contribution in [0.15, 0.2) is 54.0 Å². The molecule has 0 radical (unpaired) electrons. The Hall–Kier alpha value is -2.73. The minimum absolute atomic E-state index is 0.0822. The zero-order valence-corrected chi connectivity index (χ0v) is 17.4. The van der Waals surface area contributed by atoms with E-state index < -0.39 is 5.41 Å². The van der Waals surface area contributed by atoms with E-state index in [0.717, 1.165) is 35.4 Å². The molecule has 3 heterocycles. The molecule has 1 aromatic carbocycles. The SMILES string of the molecule is CC=C1C(=CC)C2(CCN(C)C2)C(=O)N1Cc1ccc(-c2cnn(C)c2)cc1F. The second kappa shape index (κ2) is 7.26. The third-order valence-corrected chi connectivity index (χ3v) is 6.18. The van der Waals surface area contributed by atoms with E-state index >= 15 is 0 Å². The van der Waals surface area contributed by atoms with Gasteiger partial charge in [-0.1, -0.05) is 24.3 Å². The van der Waals surface area contributed by atoms with Crippen molar-refractivity contribution in [1.82, 2.24) is 19.6 Å². The smallest absolute Gasteiger partial charge is 0.239 e. The average molecular weight is 394 g/mol. The number of aryl methyl sites for hydroxylation is 1. The lowest BCUT2D eigenvalue weighted by Gasteiger charge is -2.23. The first-order chi connectivity index (χ1) is 13.9. The summed E-state index contributed by atoms with van der Waals surface area (Å²) in [5.74, 6) is -0.222. The highest BCUT2D eigenvalue weighted by Crippen LogP contribution is 2.49. The van der Waals surface area contributed by atoms with Crippen molar-refractivity contribution in [3.05, 3.63) is 65.4 Å². The molecule has 0 N–H and O–H groups in total. The fourth-order valence-corrected chi connectivity index (χ4v) is 4.76. The van der Waals surface area contributed by atoms with E-state index in [0.29, 0.717) is 12.1 Å². The number of allylic oxidation sites excluding steroid dienone is 3. The van der Waals surface area contributed by atoms with Crippen molar-refractivity contribution in [2.45, 2.75) is 26.8 Å². The number of hydrogen-bond acceptors (Lipinski definition) is 3. The van der Waals surface area contributed by atoms with Crippen LogP contribution in [0.3, 0.4) is 0 Å². The van der Waals surface area contributed by atoms with Crippen molar-refractivity contribution >= 4 is 5.91 Å². The van der Waals surface area contributed by atoms with Crippen molar-refractivity contribution in [3.63, 3.8) is 0 Å². The lowest BCUT2D eigenvalue weighted by atomic mass is 9.80. The molecule has 152 valence electrons. The maximum atomic E-state index is 15.0. The number of halogens is 1. The summed E-state index contributed by atoms with van der Waals surface area (Å²) in [5.41, 5.74) is 3.64. The van der Waals surface area contributed by atoms with Gasteiger partial charge in [-0.25, -0.2) is 4.39 Å². The van der Waals surface area contributed by atoms with Crippen LogP contribution in [0.2, 0.25) is 0 Å². The van der Waals surface area contributed by atoms with Crippen molar-refractivity contribution in [3.8, 4) is 11.1 Å². The molecular weight excluding hydrogens is 367 g/mol. The Morgan fingerprint density at radius 3 is 2.55 bits per heavy atom. The number of hydrogen-bond donors (Lipinski definition) is 0. The van der Waals surface area contributed by atoms with Crippen LogP contribution in [-0.4, -0.2) is 45.6 Å². The number of rotatable bonds is 3. The zero-order valence-electron chi connectivity index (χ0n) is 17.4. The molecule has 1 spiro atoms. The number of amides is 1. The minimum Gasteiger partial charge on any atom is -0.307 e. The van der Waals surface area contributed by atoms with Crippen LogP contribution in [-0.2, 0) is 18.4 Å². The van der Waals surface area contributed by atoms with E-state index in [2.05, 4.69) is 10.00 Å². The molecule has 2 aromatic rings. The third-order valence-electron chi connectivity index (χ3n) is 6.18. The highest BCUT2D eigenvalue weighted by molar-refractivity contribution is 5.94. The summed E-state index contributed by atoms with van der Waals surface area (Å²) < 4.78 is 16.6. The van der Waals surface area contributed by atoms with E-state index in [1.807, 2.05) is 52.4 Å². The Bertz CT molecular complexity index is 1020. The van der Waals surface area contributed by atoms with Gasteiger partial charge in [0.1, 0.15) is 5.82 Å². The predicted molar refractivity (Wildman–Crippen MR) is 111 cm³/mol. The molecule has 1 aromatic heterocycles. The Morgan fingerprint density at radius 1 is 1.21 bits per heavy atom. The van der Waals surface area contributed by atoms with Gasteiger partial charge in [0, 0.05) is 36.6 Å². The number of carbonyl (C=O) groups excluding carboxylic acids is 1. The Balaban J connectivity index is 1.66. The molecule has 0 aliphatic carbocycles. The van der Waals surface area contributed by atoms with Crippen molar-refractivity contribution in [2.24, 2.45) is 12.5 Å². The van der Waals surface area contributed by atoms with Gasteiger partial charge in [0.05, 0.1) is 18.2 Å². The fraction of sp³-hybridized carbons (Fsp3) is 0.391. The van der Waals surface area contributed by atoms with Crippen LogP contribution in [0.25, 0.3) is 11.1 Å². The van der Waals surface area contributed by atoms with Gasteiger partial charge in [-0.3, -0.25) is 9.48 Å². The molecule has 2 aliphatic rings. The van der Waals surface area contributed by atoms with Gasteiger partial charge < -0.3 is 9.80 Å². The summed E-state index contributed by atoms with van der Waals surface area (Å²) >= 11 is 0. The first-order valence-electron chi connectivity index (χ1n) is 10.0. The van der Waals surface area contributed by atoms with Gasteiger partial charge in [0.2, 0.25) is 5.91 Å². The number of benzene rings is 1. The topological polar surface area (TPSA) is 41.4 Å². The lowest BCUT2D eigenvalue weighted by Crippen LogP contribution is -2.36. The van der Waals surface area contributed by atoms with Gasteiger partial charge in [-0.15, -0.1) is 0 Å². The van der Waals surface area contributed by atoms with Gasteiger partial charge in [0.25, 0.3) is 0 Å². The van der Waals surface area contributed by atoms with Gasteiger partial charge in [-0.2, -0.15) is 5.10 Å². The van der Waals surface area contributed by atoms with Crippen molar-refractivity contribution in [1.29, 1.82) is 0 Å². The molecule has 2 fully saturated rings. The van der Waals surface area contributed by atoms with E-state index in [1.165, 1.54) is 6.07 Å². The number of nitrogens with zero attached hydrogens (tertiary/aromatic N) is 4. The molecule has 4 rings (SSSR count). The maximum absolute atomic E-state index is 15.0. The molecule has 0 saturated carbocycles. The molecule has 2 saturated heterocycles. The number of aromatic nitrogens is 2. The average Bonchev–Trinajstić information content (AvgIpc) is 3.36. The molecule has 29 heavy (non-hydrogen) atoms. The van der Waals surface area contributed by atoms with Gasteiger partial charge in [-0.05, 0) is 51.1 Å². The van der Waals surface area contributed by atoms with Crippen LogP contribution in [0.5, 0.6) is 0 Å². The molecule has 6 heteroatoms. The monoisotopic (exact) mass is 394 g/mol. The van der Waals surface area contributed by atoms with Crippen LogP contribution in [0.1, 0.15) is 25.8 Å².